The Labute approximate surface area is 274 Å². The van der Waals surface area contributed by atoms with Gasteiger partial charge in [0.1, 0.15) is 54.8 Å². The molecule has 0 bridgehead atoms. The summed E-state index contributed by atoms with van der Waals surface area (Å²) >= 11 is 0. The summed E-state index contributed by atoms with van der Waals surface area (Å²) in [5, 5.41) is 54.4. The fraction of sp³-hybridized carbons (Fsp3) is 0.696. The minimum absolute atomic E-state index is 0.701. The van der Waals surface area contributed by atoms with E-state index in [9.17, 15) is 63.3 Å². The number of phosphoric ester groups is 2. The summed E-state index contributed by atoms with van der Waals surface area (Å²) in [6, 6.07) is -2.25. The van der Waals surface area contributed by atoms with Crippen LogP contribution in [0.3, 0.4) is 0 Å². The van der Waals surface area contributed by atoms with Crippen molar-refractivity contribution in [2.45, 2.75) is 88.1 Å². The van der Waals surface area contributed by atoms with Crippen LogP contribution in [0.25, 0.3) is 0 Å². The molecule has 0 saturated carbocycles. The molecule has 0 aliphatic carbocycles. The first-order valence-electron chi connectivity index (χ1n) is 14.1. The van der Waals surface area contributed by atoms with Crippen molar-refractivity contribution in [2.24, 2.45) is 0 Å². The average molecular weight is 750 g/mol. The van der Waals surface area contributed by atoms with Crippen molar-refractivity contribution in [1.82, 2.24) is 20.2 Å². The lowest BCUT2D eigenvalue weighted by Crippen LogP contribution is -2.66. The Balaban J connectivity index is 1.73. The Morgan fingerprint density at radius 1 is 1.04 bits per heavy atom. The van der Waals surface area contributed by atoms with Gasteiger partial charge in [0.2, 0.25) is 11.8 Å². The second kappa shape index (κ2) is 16.4. The van der Waals surface area contributed by atoms with E-state index < -0.39 is 125 Å². The number of carbonyl (C=O) groups is 3. The fourth-order valence-electron chi connectivity index (χ4n) is 4.59. The van der Waals surface area contributed by atoms with Crippen LogP contribution >= 0.6 is 15.6 Å². The Bertz CT molecular complexity index is 1570. The molecule has 0 aromatic carbocycles. The highest BCUT2D eigenvalue weighted by atomic mass is 31.3. The van der Waals surface area contributed by atoms with Gasteiger partial charge in [-0.15, -0.1) is 0 Å². The first-order valence-corrected chi connectivity index (χ1v) is 17.1. The van der Waals surface area contributed by atoms with Gasteiger partial charge in [0.15, 0.2) is 12.5 Å². The minimum Gasteiger partial charge on any atom is -0.480 e. The summed E-state index contributed by atoms with van der Waals surface area (Å²) < 4.78 is 56.0. The number of aliphatic hydroxyl groups is 4. The third kappa shape index (κ3) is 10.5. The van der Waals surface area contributed by atoms with Crippen molar-refractivity contribution < 1.29 is 86.4 Å². The van der Waals surface area contributed by atoms with Gasteiger partial charge < -0.3 is 60.2 Å². The normalized spacial score (nSPS) is 32.3. The van der Waals surface area contributed by atoms with E-state index in [0.29, 0.717) is 4.57 Å². The molecule has 2 aliphatic heterocycles. The fourth-order valence-corrected chi connectivity index (χ4v) is 6.76. The quantitative estimate of drug-likeness (QED) is 0.0753. The molecule has 0 radical (unpaired) electrons. The SMILES string of the molecule is CC(=O)N[C@H]1[C@@H](OP(=O)(O)OP(=O)(O)OC[C@@H]2O[C@H](n3ccc(=O)[nH]c3=O)[C@H](O)[C@H]2O)O[C@H](CO)[C@@H](O)[C@@H]1O[C@@H](C)C(=O)N[C@H](C)C(=O)O. The van der Waals surface area contributed by atoms with Crippen LogP contribution in [0.1, 0.15) is 27.0 Å². The topological polar surface area (TPSA) is 361 Å². The van der Waals surface area contributed by atoms with Gasteiger partial charge >= 0.3 is 27.3 Å². The number of aromatic nitrogens is 2. The van der Waals surface area contributed by atoms with Crippen LogP contribution in [0, 0.1) is 0 Å². The van der Waals surface area contributed by atoms with Crippen molar-refractivity contribution in [1.29, 1.82) is 0 Å². The summed E-state index contributed by atoms with van der Waals surface area (Å²) in [7, 11) is -11.4. The van der Waals surface area contributed by atoms with Gasteiger partial charge in [-0.05, 0) is 13.8 Å². The van der Waals surface area contributed by atoms with Crippen LogP contribution in [0.15, 0.2) is 21.9 Å². The Kier molecular flexibility index (Phi) is 13.6. The standard InChI is InChI=1S/C23H36N4O20P2/c1-8(21(35)36)24-19(34)9(2)43-18-14(25-10(3)29)22(45-11(6-28)16(18)32)46-49(40,41)47-48(38,39)42-7-12-15(31)17(33)20(44-12)27-5-4-13(30)26-23(27)37/h4-5,8-9,11-12,14-18,20,22,28,31-33H,6-7H2,1-3H3,(H,24,34)(H,25,29)(H,35,36)(H,38,39)(H,40,41)(H,26,30,37)/t8-,9+,11-,12+,14-,15+,16-,17-,18-,20+,22-/m1/s1. The number of rotatable bonds is 15. The number of hydrogen-bond acceptors (Lipinski definition) is 17. The lowest BCUT2D eigenvalue weighted by atomic mass is 9.96. The van der Waals surface area contributed by atoms with Gasteiger partial charge in [-0.1, -0.05) is 0 Å². The summed E-state index contributed by atoms with van der Waals surface area (Å²) in [5.41, 5.74) is -1.81. The largest absolute Gasteiger partial charge is 0.483 e. The molecule has 26 heteroatoms. The van der Waals surface area contributed by atoms with Gasteiger partial charge in [0.25, 0.3) is 5.56 Å². The van der Waals surface area contributed by atoms with E-state index >= 15 is 0 Å². The molecule has 2 saturated heterocycles. The lowest BCUT2D eigenvalue weighted by Gasteiger charge is -2.44. The molecular formula is C23H36N4O20P2. The Morgan fingerprint density at radius 3 is 2.27 bits per heavy atom. The van der Waals surface area contributed by atoms with Crippen LogP contribution in [0.4, 0.5) is 0 Å². The van der Waals surface area contributed by atoms with E-state index in [0.717, 1.165) is 33.0 Å². The summed E-state index contributed by atoms with van der Waals surface area (Å²) in [6.07, 6.45) is -15.0. The number of amides is 2. The lowest BCUT2D eigenvalue weighted by molar-refractivity contribution is -0.261. The van der Waals surface area contributed by atoms with Crippen molar-refractivity contribution >= 4 is 33.4 Å². The van der Waals surface area contributed by atoms with Crippen LogP contribution < -0.4 is 21.9 Å². The number of nitrogens with zero attached hydrogens (tertiary/aromatic N) is 1. The molecule has 2 aliphatic rings. The molecule has 2 fully saturated rings. The number of H-pyrrole nitrogens is 1. The van der Waals surface area contributed by atoms with Crippen LogP contribution in [0.5, 0.6) is 0 Å². The van der Waals surface area contributed by atoms with Gasteiger partial charge in [-0.25, -0.2) is 13.9 Å². The third-order valence-electron chi connectivity index (χ3n) is 6.99. The predicted molar refractivity (Wildman–Crippen MR) is 154 cm³/mol. The van der Waals surface area contributed by atoms with Gasteiger partial charge in [-0.2, -0.15) is 4.31 Å². The first kappa shape index (κ1) is 40.5. The highest BCUT2D eigenvalue weighted by molar-refractivity contribution is 7.61. The van der Waals surface area contributed by atoms with Crippen molar-refractivity contribution in [3.8, 4) is 0 Å². The van der Waals surface area contributed by atoms with Crippen molar-refractivity contribution in [3.05, 3.63) is 33.1 Å². The number of ether oxygens (including phenoxy) is 3. The zero-order chi connectivity index (χ0) is 37.0. The maximum Gasteiger partial charge on any atom is 0.483 e. The van der Waals surface area contributed by atoms with E-state index in [1.54, 1.807) is 0 Å². The first-order chi connectivity index (χ1) is 22.7. The zero-order valence-electron chi connectivity index (χ0n) is 25.7. The molecule has 13 atom stereocenters. The second-order valence-electron chi connectivity index (χ2n) is 10.7. The highest BCUT2D eigenvalue weighted by Crippen LogP contribution is 2.61. The molecule has 2 unspecified atom stereocenters. The molecular weight excluding hydrogens is 714 g/mol. The number of hydrogen-bond donors (Lipinski definition) is 10. The Morgan fingerprint density at radius 2 is 1.69 bits per heavy atom. The number of aromatic amines is 1. The highest BCUT2D eigenvalue weighted by Gasteiger charge is 2.52. The number of carboxylic acid groups (broad SMARTS) is 1. The zero-order valence-corrected chi connectivity index (χ0v) is 27.5. The number of aliphatic carboxylic acids is 1. The Hall–Kier alpha value is -2.93. The van der Waals surface area contributed by atoms with Gasteiger partial charge in [0, 0.05) is 19.2 Å². The number of aliphatic hydroxyl groups excluding tert-OH is 4. The number of nitrogens with one attached hydrogen (secondary N) is 3. The van der Waals surface area contributed by atoms with Gasteiger partial charge in [0.05, 0.1) is 13.2 Å². The molecule has 0 spiro atoms. The van der Waals surface area contributed by atoms with Gasteiger partial charge in [-0.3, -0.25) is 37.8 Å². The van der Waals surface area contributed by atoms with E-state index in [1.807, 2.05) is 4.98 Å². The summed E-state index contributed by atoms with van der Waals surface area (Å²) in [4.78, 5) is 81.3. The van der Waals surface area contributed by atoms with E-state index in [2.05, 4.69) is 19.5 Å². The summed E-state index contributed by atoms with van der Waals surface area (Å²) in [6.45, 7) is 1.15. The second-order valence-corrected chi connectivity index (χ2v) is 13.7. The summed E-state index contributed by atoms with van der Waals surface area (Å²) in [5.74, 6) is -3.26. The number of carbonyl (C=O) groups excluding carboxylic acids is 2. The third-order valence-corrected chi connectivity index (χ3v) is 9.59. The van der Waals surface area contributed by atoms with E-state index in [4.69, 9.17) is 23.8 Å². The van der Waals surface area contributed by atoms with Crippen molar-refractivity contribution in [3.63, 3.8) is 0 Å². The monoisotopic (exact) mass is 750 g/mol. The molecule has 3 rings (SSSR count). The van der Waals surface area contributed by atoms with E-state index in [-0.39, 0.29) is 0 Å². The maximum absolute atomic E-state index is 12.9. The molecule has 278 valence electrons. The average Bonchev–Trinajstić information content (AvgIpc) is 3.26. The number of phosphoric acid groups is 2. The van der Waals surface area contributed by atoms with Crippen LogP contribution in [-0.2, 0) is 51.1 Å². The molecule has 24 nitrogen and oxygen atoms in total. The van der Waals surface area contributed by atoms with Crippen LogP contribution in [0.2, 0.25) is 0 Å². The molecule has 10 N–H and O–H groups in total. The molecule has 3 heterocycles. The smallest absolute Gasteiger partial charge is 0.480 e. The van der Waals surface area contributed by atoms with Crippen LogP contribution in [-0.4, -0.2) is 137 Å². The predicted octanol–water partition coefficient (Wildman–Crippen LogP) is -4.65. The minimum atomic E-state index is -5.80. The molecule has 1 aromatic rings. The van der Waals surface area contributed by atoms with Crippen molar-refractivity contribution in [2.75, 3.05) is 13.2 Å². The molecule has 2 amide bonds. The molecule has 1 aromatic heterocycles. The molecule has 49 heavy (non-hydrogen) atoms. The van der Waals surface area contributed by atoms with E-state index in [1.165, 1.54) is 0 Å². The maximum atomic E-state index is 12.9. The number of carboxylic acids is 1.